The standard InChI is InChI=1S/C20H25ClN4O2/c1-4-11-25-20(26)18(23)19(24-2)13-8-5-7-12(17(13)22)16-14(21)9-6-10-15(16)27-3/h5-10,24H,4,11,22-23H2,1-3H3,(H,25,26)/b19-18+. The number of carbonyl (C=O) groups excluding carboxylic acids is 1. The van der Waals surface area contributed by atoms with Crippen LogP contribution in [0.4, 0.5) is 5.69 Å². The zero-order valence-corrected chi connectivity index (χ0v) is 16.5. The topological polar surface area (TPSA) is 102 Å². The van der Waals surface area contributed by atoms with Gasteiger partial charge in [-0.2, -0.15) is 0 Å². The maximum Gasteiger partial charge on any atom is 0.269 e. The van der Waals surface area contributed by atoms with Crippen LogP contribution in [0.15, 0.2) is 42.1 Å². The third-order valence-corrected chi connectivity index (χ3v) is 4.45. The van der Waals surface area contributed by atoms with E-state index in [1.54, 1.807) is 32.4 Å². The molecule has 2 aromatic carbocycles. The fourth-order valence-electron chi connectivity index (χ4n) is 2.80. The summed E-state index contributed by atoms with van der Waals surface area (Å²) in [6.07, 6.45) is 0.817. The first-order chi connectivity index (χ1) is 13.0. The molecule has 6 N–H and O–H groups in total. The van der Waals surface area contributed by atoms with Gasteiger partial charge in [0.2, 0.25) is 0 Å². The highest BCUT2D eigenvalue weighted by Crippen LogP contribution is 2.41. The van der Waals surface area contributed by atoms with Gasteiger partial charge < -0.3 is 26.8 Å². The highest BCUT2D eigenvalue weighted by atomic mass is 35.5. The molecule has 0 atom stereocenters. The molecule has 2 rings (SSSR count). The van der Waals surface area contributed by atoms with Gasteiger partial charge in [0.15, 0.2) is 0 Å². The molecule has 0 spiro atoms. The Hall–Kier alpha value is -2.86. The minimum atomic E-state index is -0.346. The Morgan fingerprint density at radius 2 is 1.93 bits per heavy atom. The van der Waals surface area contributed by atoms with Crippen molar-refractivity contribution in [3.63, 3.8) is 0 Å². The Labute approximate surface area is 164 Å². The van der Waals surface area contributed by atoms with Crippen LogP contribution >= 0.6 is 11.6 Å². The molecule has 0 heterocycles. The molecule has 0 aromatic heterocycles. The summed E-state index contributed by atoms with van der Waals surface area (Å²) in [5.41, 5.74) is 15.5. The summed E-state index contributed by atoms with van der Waals surface area (Å²) in [5, 5.41) is 6.27. The number of nitrogen functional groups attached to an aromatic ring is 1. The van der Waals surface area contributed by atoms with Gasteiger partial charge in [-0.15, -0.1) is 0 Å². The largest absolute Gasteiger partial charge is 0.496 e. The van der Waals surface area contributed by atoms with Gasteiger partial charge in [-0.3, -0.25) is 4.79 Å². The highest BCUT2D eigenvalue weighted by Gasteiger charge is 2.19. The number of nitrogens with two attached hydrogens (primary N) is 2. The Balaban J connectivity index is 2.62. The lowest BCUT2D eigenvalue weighted by Gasteiger charge is -2.18. The predicted molar refractivity (Wildman–Crippen MR) is 111 cm³/mol. The molecule has 0 aliphatic heterocycles. The lowest BCUT2D eigenvalue weighted by atomic mass is 9.97. The first-order valence-electron chi connectivity index (χ1n) is 8.63. The number of anilines is 1. The molecule has 0 bridgehead atoms. The molecule has 0 fully saturated rings. The van der Waals surface area contributed by atoms with Crippen LogP contribution in [0.1, 0.15) is 18.9 Å². The van der Waals surface area contributed by atoms with E-state index in [0.29, 0.717) is 45.4 Å². The first kappa shape index (κ1) is 20.5. The Kier molecular flexibility index (Phi) is 6.96. The van der Waals surface area contributed by atoms with Crippen LogP contribution < -0.4 is 26.8 Å². The number of carbonyl (C=O) groups is 1. The van der Waals surface area contributed by atoms with E-state index in [0.717, 1.165) is 6.42 Å². The number of halogens is 1. The number of rotatable bonds is 7. The Morgan fingerprint density at radius 3 is 2.56 bits per heavy atom. The third-order valence-electron chi connectivity index (χ3n) is 4.14. The van der Waals surface area contributed by atoms with Crippen LogP contribution in [0, 0.1) is 0 Å². The molecule has 0 saturated heterocycles. The number of nitrogens with one attached hydrogen (secondary N) is 2. The summed E-state index contributed by atoms with van der Waals surface area (Å²) in [5.74, 6) is 0.260. The number of benzene rings is 2. The van der Waals surface area contributed by atoms with E-state index in [-0.39, 0.29) is 11.6 Å². The first-order valence-corrected chi connectivity index (χ1v) is 9.01. The number of methoxy groups -OCH3 is 1. The molecule has 0 unspecified atom stereocenters. The van der Waals surface area contributed by atoms with E-state index >= 15 is 0 Å². The van der Waals surface area contributed by atoms with Gasteiger partial charge in [-0.25, -0.2) is 0 Å². The van der Waals surface area contributed by atoms with Crippen LogP contribution in [0.3, 0.4) is 0 Å². The molecule has 6 nitrogen and oxygen atoms in total. The highest BCUT2D eigenvalue weighted by molar-refractivity contribution is 6.34. The van der Waals surface area contributed by atoms with Crippen molar-refractivity contribution >= 4 is 28.9 Å². The van der Waals surface area contributed by atoms with E-state index in [1.807, 2.05) is 25.1 Å². The second kappa shape index (κ2) is 9.19. The average Bonchev–Trinajstić information content (AvgIpc) is 2.67. The molecule has 0 aliphatic rings. The normalized spacial score (nSPS) is 11.6. The second-order valence-electron chi connectivity index (χ2n) is 5.88. The van der Waals surface area contributed by atoms with Gasteiger partial charge in [0.05, 0.1) is 17.8 Å². The summed E-state index contributed by atoms with van der Waals surface area (Å²) in [6, 6.07) is 10.9. The van der Waals surface area contributed by atoms with E-state index in [1.165, 1.54) is 0 Å². The maximum atomic E-state index is 12.3. The van der Waals surface area contributed by atoms with Crippen molar-refractivity contribution in [2.75, 3.05) is 26.4 Å². The molecule has 27 heavy (non-hydrogen) atoms. The minimum Gasteiger partial charge on any atom is -0.496 e. The summed E-state index contributed by atoms with van der Waals surface area (Å²) < 4.78 is 5.44. The quantitative estimate of drug-likeness (QED) is 0.431. The van der Waals surface area contributed by atoms with Crippen LogP contribution in [0.2, 0.25) is 5.02 Å². The van der Waals surface area contributed by atoms with Crippen LogP contribution in [0.5, 0.6) is 5.75 Å². The summed E-state index contributed by atoms with van der Waals surface area (Å²) >= 11 is 6.40. The van der Waals surface area contributed by atoms with Gasteiger partial charge in [0.1, 0.15) is 11.4 Å². The fraction of sp³-hybridized carbons (Fsp3) is 0.250. The Bertz CT molecular complexity index is 865. The minimum absolute atomic E-state index is 0.0703. The molecule has 1 amide bonds. The lowest BCUT2D eigenvalue weighted by Crippen LogP contribution is -2.32. The van der Waals surface area contributed by atoms with E-state index in [2.05, 4.69) is 10.6 Å². The van der Waals surface area contributed by atoms with E-state index in [4.69, 9.17) is 27.8 Å². The van der Waals surface area contributed by atoms with Crippen molar-refractivity contribution < 1.29 is 9.53 Å². The lowest BCUT2D eigenvalue weighted by molar-refractivity contribution is -0.117. The number of hydrogen-bond donors (Lipinski definition) is 4. The van der Waals surface area contributed by atoms with Gasteiger partial charge in [0, 0.05) is 36.0 Å². The van der Waals surface area contributed by atoms with Gasteiger partial charge in [-0.05, 0) is 18.6 Å². The van der Waals surface area contributed by atoms with Crippen molar-refractivity contribution in [3.8, 4) is 16.9 Å². The molecule has 0 radical (unpaired) electrons. The van der Waals surface area contributed by atoms with Crippen molar-refractivity contribution in [2.24, 2.45) is 5.73 Å². The average molecular weight is 389 g/mol. The third kappa shape index (κ3) is 4.28. The number of hydrogen-bond acceptors (Lipinski definition) is 5. The van der Waals surface area contributed by atoms with Crippen molar-refractivity contribution in [1.82, 2.24) is 10.6 Å². The van der Waals surface area contributed by atoms with Crippen molar-refractivity contribution in [1.29, 1.82) is 0 Å². The second-order valence-corrected chi connectivity index (χ2v) is 6.29. The van der Waals surface area contributed by atoms with Crippen molar-refractivity contribution in [3.05, 3.63) is 52.7 Å². The van der Waals surface area contributed by atoms with Crippen molar-refractivity contribution in [2.45, 2.75) is 13.3 Å². The summed E-state index contributed by atoms with van der Waals surface area (Å²) in [7, 11) is 3.27. The smallest absolute Gasteiger partial charge is 0.269 e. The predicted octanol–water partition coefficient (Wildman–Crippen LogP) is 2.97. The Morgan fingerprint density at radius 1 is 1.22 bits per heavy atom. The fourth-order valence-corrected chi connectivity index (χ4v) is 3.07. The SMILES string of the molecule is CCCNC(=O)/C(N)=C(\NC)c1cccc(-c2c(Cl)cccc2OC)c1N. The molecule has 7 heteroatoms. The van der Waals surface area contributed by atoms with Crippen LogP contribution in [-0.4, -0.2) is 26.6 Å². The molecule has 2 aromatic rings. The summed E-state index contributed by atoms with van der Waals surface area (Å²) in [6.45, 7) is 2.51. The molecule has 0 aliphatic carbocycles. The van der Waals surface area contributed by atoms with Gasteiger partial charge in [0.25, 0.3) is 5.91 Å². The number of amides is 1. The zero-order valence-electron chi connectivity index (χ0n) is 15.7. The molecule has 144 valence electrons. The van der Waals surface area contributed by atoms with E-state index < -0.39 is 0 Å². The number of ether oxygens (including phenoxy) is 1. The summed E-state index contributed by atoms with van der Waals surface area (Å²) in [4.78, 5) is 12.3. The van der Waals surface area contributed by atoms with Crippen LogP contribution in [-0.2, 0) is 4.79 Å². The molecular weight excluding hydrogens is 364 g/mol. The number of para-hydroxylation sites is 1. The maximum absolute atomic E-state index is 12.3. The molecule has 0 saturated carbocycles. The van der Waals surface area contributed by atoms with Gasteiger partial charge in [-0.1, -0.05) is 42.8 Å². The van der Waals surface area contributed by atoms with Gasteiger partial charge >= 0.3 is 0 Å². The van der Waals surface area contributed by atoms with Crippen LogP contribution in [0.25, 0.3) is 16.8 Å². The monoisotopic (exact) mass is 388 g/mol. The zero-order chi connectivity index (χ0) is 20.0. The molecular formula is C20H25ClN4O2. The van der Waals surface area contributed by atoms with E-state index in [9.17, 15) is 4.79 Å².